The second kappa shape index (κ2) is 3.60. The topological polar surface area (TPSA) is 38.0 Å². The van der Waals surface area contributed by atoms with Gasteiger partial charge in [-0.3, -0.25) is 5.14 Å². The van der Waals surface area contributed by atoms with Gasteiger partial charge in [-0.25, -0.2) is 0 Å². The number of benzene rings is 1. The Bertz CT molecular complexity index is 292. The largest absolute Gasteiger partial charge is 0.388 e. The van der Waals surface area contributed by atoms with E-state index in [4.69, 9.17) is 5.14 Å². The van der Waals surface area contributed by atoms with Crippen molar-refractivity contribution in [2.45, 2.75) is 24.2 Å². The van der Waals surface area contributed by atoms with Crippen molar-refractivity contribution in [3.8, 4) is 0 Å². The second-order valence-electron chi connectivity index (χ2n) is 3.29. The quantitative estimate of drug-likeness (QED) is 0.709. The van der Waals surface area contributed by atoms with E-state index in [1.54, 1.807) is 0 Å². The van der Waals surface area contributed by atoms with Crippen LogP contribution in [0.15, 0.2) is 17.0 Å². The normalized spacial score (nSPS) is 14.3. The van der Waals surface area contributed by atoms with Crippen molar-refractivity contribution in [2.24, 2.45) is 5.14 Å². The van der Waals surface area contributed by atoms with Crippen LogP contribution in [0.2, 0.25) is 0 Å². The lowest BCUT2D eigenvalue weighted by molar-refractivity contribution is 0.906. The van der Waals surface area contributed by atoms with E-state index >= 15 is 0 Å². The summed E-state index contributed by atoms with van der Waals surface area (Å²) in [5, 5.41) is 8.84. The van der Waals surface area contributed by atoms with Crippen molar-refractivity contribution in [2.75, 3.05) is 12.4 Å². The predicted octanol–water partition coefficient (Wildman–Crippen LogP) is 2.18. The van der Waals surface area contributed by atoms with Gasteiger partial charge in [0, 0.05) is 17.6 Å². The van der Waals surface area contributed by atoms with Crippen LogP contribution in [0.3, 0.4) is 0 Å². The van der Waals surface area contributed by atoms with E-state index in [0.717, 1.165) is 0 Å². The van der Waals surface area contributed by atoms with E-state index in [1.807, 2.05) is 7.05 Å². The monoisotopic (exact) mass is 194 g/mol. The first-order chi connectivity index (χ1) is 6.36. The fourth-order valence-corrected chi connectivity index (χ4v) is 2.53. The van der Waals surface area contributed by atoms with Crippen molar-refractivity contribution in [3.63, 3.8) is 0 Å². The van der Waals surface area contributed by atoms with Crippen LogP contribution in [0.5, 0.6) is 0 Å². The van der Waals surface area contributed by atoms with Crippen molar-refractivity contribution in [3.05, 3.63) is 23.3 Å². The third-order valence-electron chi connectivity index (χ3n) is 2.64. The summed E-state index contributed by atoms with van der Waals surface area (Å²) < 4.78 is 0. The highest BCUT2D eigenvalue weighted by Crippen LogP contribution is 2.34. The maximum atomic E-state index is 5.61. The SMILES string of the molecule is CNc1ccc(SN)c2c1CCC2. The summed E-state index contributed by atoms with van der Waals surface area (Å²) in [4.78, 5) is 1.24. The lowest BCUT2D eigenvalue weighted by atomic mass is 10.1. The lowest BCUT2D eigenvalue weighted by Crippen LogP contribution is -1.96. The van der Waals surface area contributed by atoms with E-state index in [9.17, 15) is 0 Å². The van der Waals surface area contributed by atoms with Gasteiger partial charge >= 0.3 is 0 Å². The summed E-state index contributed by atoms with van der Waals surface area (Å²) in [5.41, 5.74) is 4.20. The number of nitrogens with two attached hydrogens (primary N) is 1. The third-order valence-corrected chi connectivity index (χ3v) is 3.27. The number of fused-ring (bicyclic) bond motifs is 1. The molecule has 3 N–H and O–H groups in total. The van der Waals surface area contributed by atoms with Crippen LogP contribution < -0.4 is 10.5 Å². The minimum Gasteiger partial charge on any atom is -0.388 e. The molecule has 2 nitrogen and oxygen atoms in total. The number of nitrogens with one attached hydrogen (secondary N) is 1. The number of hydrogen-bond acceptors (Lipinski definition) is 3. The molecule has 0 heterocycles. The summed E-state index contributed by atoms with van der Waals surface area (Å²) in [6.45, 7) is 0. The molecule has 2 rings (SSSR count). The molecule has 70 valence electrons. The Morgan fingerprint density at radius 2 is 2.08 bits per heavy atom. The van der Waals surface area contributed by atoms with Crippen LogP contribution in [-0.2, 0) is 12.8 Å². The number of hydrogen-bond donors (Lipinski definition) is 2. The van der Waals surface area contributed by atoms with Crippen molar-refractivity contribution >= 4 is 17.6 Å². The highest BCUT2D eigenvalue weighted by atomic mass is 32.2. The fraction of sp³-hybridized carbons (Fsp3) is 0.400. The number of rotatable bonds is 2. The van der Waals surface area contributed by atoms with Gasteiger partial charge < -0.3 is 5.32 Å². The smallest absolute Gasteiger partial charge is 0.0373 e. The van der Waals surface area contributed by atoms with Crippen LogP contribution in [0.25, 0.3) is 0 Å². The molecule has 0 spiro atoms. The van der Waals surface area contributed by atoms with Gasteiger partial charge in [0.25, 0.3) is 0 Å². The maximum Gasteiger partial charge on any atom is 0.0373 e. The van der Waals surface area contributed by atoms with Gasteiger partial charge in [-0.2, -0.15) is 0 Å². The highest BCUT2D eigenvalue weighted by molar-refractivity contribution is 7.97. The summed E-state index contributed by atoms with van der Waals surface area (Å²) in [6.07, 6.45) is 3.64. The van der Waals surface area contributed by atoms with Gasteiger partial charge in [0.1, 0.15) is 0 Å². The standard InChI is InChI=1S/C10H14N2S/c1-12-9-5-6-10(13-11)8-4-2-3-7(8)9/h5-6,12H,2-4,11H2,1H3. The Balaban J connectivity index is 2.52. The van der Waals surface area contributed by atoms with Gasteiger partial charge in [-0.15, -0.1) is 0 Å². The molecule has 0 saturated heterocycles. The molecule has 0 aromatic heterocycles. The molecular formula is C10H14N2S. The molecule has 0 fully saturated rings. The maximum absolute atomic E-state index is 5.61. The molecule has 0 radical (unpaired) electrons. The first kappa shape index (κ1) is 8.91. The Kier molecular flexibility index (Phi) is 2.47. The molecule has 1 aromatic rings. The van der Waals surface area contributed by atoms with Crippen LogP contribution in [0.1, 0.15) is 17.5 Å². The first-order valence-corrected chi connectivity index (χ1v) is 5.44. The van der Waals surface area contributed by atoms with Gasteiger partial charge in [0.15, 0.2) is 0 Å². The fourth-order valence-electron chi connectivity index (χ4n) is 2.02. The van der Waals surface area contributed by atoms with Crippen LogP contribution in [0.4, 0.5) is 5.69 Å². The van der Waals surface area contributed by atoms with E-state index in [1.165, 1.54) is 52.9 Å². The number of anilines is 1. The van der Waals surface area contributed by atoms with Crippen molar-refractivity contribution < 1.29 is 0 Å². The van der Waals surface area contributed by atoms with Crippen LogP contribution >= 0.6 is 11.9 Å². The minimum absolute atomic E-state index is 1.18. The summed E-state index contributed by atoms with van der Waals surface area (Å²) in [5.74, 6) is 0. The molecule has 0 bridgehead atoms. The van der Waals surface area contributed by atoms with Crippen LogP contribution in [-0.4, -0.2) is 7.05 Å². The van der Waals surface area contributed by atoms with E-state index < -0.39 is 0 Å². The Labute approximate surface area is 83.0 Å². The van der Waals surface area contributed by atoms with Gasteiger partial charge in [-0.1, -0.05) is 0 Å². The average Bonchev–Trinajstić information content (AvgIpc) is 2.64. The molecule has 1 aromatic carbocycles. The molecule has 0 saturated carbocycles. The molecule has 0 aliphatic heterocycles. The van der Waals surface area contributed by atoms with E-state index in [2.05, 4.69) is 17.4 Å². The second-order valence-corrected chi connectivity index (χ2v) is 3.97. The summed E-state index contributed by atoms with van der Waals surface area (Å²) in [6, 6.07) is 4.24. The summed E-state index contributed by atoms with van der Waals surface area (Å²) >= 11 is 1.37. The molecular weight excluding hydrogens is 180 g/mol. The van der Waals surface area contributed by atoms with E-state index in [0.29, 0.717) is 0 Å². The third kappa shape index (κ3) is 1.42. The highest BCUT2D eigenvalue weighted by Gasteiger charge is 2.17. The van der Waals surface area contributed by atoms with E-state index in [-0.39, 0.29) is 0 Å². The zero-order valence-corrected chi connectivity index (χ0v) is 8.58. The first-order valence-electron chi connectivity index (χ1n) is 4.56. The van der Waals surface area contributed by atoms with Crippen molar-refractivity contribution in [1.82, 2.24) is 0 Å². The molecule has 3 heteroatoms. The average molecular weight is 194 g/mol. The Morgan fingerprint density at radius 1 is 1.31 bits per heavy atom. The minimum atomic E-state index is 1.18. The molecule has 1 aliphatic rings. The summed E-state index contributed by atoms with van der Waals surface area (Å²) in [7, 11) is 1.98. The molecule has 13 heavy (non-hydrogen) atoms. The molecule has 0 amide bonds. The molecule has 0 unspecified atom stereocenters. The molecule has 0 atom stereocenters. The van der Waals surface area contributed by atoms with Crippen molar-refractivity contribution in [1.29, 1.82) is 0 Å². The van der Waals surface area contributed by atoms with Gasteiger partial charge in [0.2, 0.25) is 0 Å². The van der Waals surface area contributed by atoms with Crippen LogP contribution in [0, 0.1) is 0 Å². The van der Waals surface area contributed by atoms with Gasteiger partial charge in [-0.05, 0) is 54.5 Å². The zero-order valence-electron chi connectivity index (χ0n) is 7.76. The lowest BCUT2D eigenvalue weighted by Gasteiger charge is -2.10. The molecule has 1 aliphatic carbocycles. The Morgan fingerprint density at radius 3 is 2.77 bits per heavy atom. The Hall–Kier alpha value is -0.670. The predicted molar refractivity (Wildman–Crippen MR) is 58.1 cm³/mol. The zero-order chi connectivity index (χ0) is 9.26. The van der Waals surface area contributed by atoms with Gasteiger partial charge in [0.05, 0.1) is 0 Å².